The Morgan fingerprint density at radius 3 is 2.16 bits per heavy atom. The summed E-state index contributed by atoms with van der Waals surface area (Å²) in [5.41, 5.74) is 1.57. The van der Waals surface area contributed by atoms with Crippen molar-refractivity contribution in [3.8, 4) is 35.1 Å². The van der Waals surface area contributed by atoms with Crippen molar-refractivity contribution < 1.29 is 18.9 Å². The van der Waals surface area contributed by atoms with Gasteiger partial charge in [-0.15, -0.1) is 6.58 Å². The average molecular weight is 499 g/mol. The predicted octanol–water partition coefficient (Wildman–Crippen LogP) is 6.85. The molecule has 0 aromatic heterocycles. The number of nitriles is 2. The molecule has 1 aliphatic carbocycles. The zero-order valence-electron chi connectivity index (χ0n) is 22.0. The van der Waals surface area contributed by atoms with Gasteiger partial charge in [0.1, 0.15) is 0 Å². The highest BCUT2D eigenvalue weighted by Crippen LogP contribution is 2.48. The molecule has 192 valence electrons. The molecular formula is C31H34N2O4. The first-order chi connectivity index (χ1) is 18.0. The van der Waals surface area contributed by atoms with Crippen molar-refractivity contribution in [2.45, 2.75) is 31.6 Å². The van der Waals surface area contributed by atoms with Gasteiger partial charge in [0.05, 0.1) is 40.6 Å². The molecule has 0 fully saturated rings. The lowest BCUT2D eigenvalue weighted by Gasteiger charge is -2.36. The van der Waals surface area contributed by atoms with Gasteiger partial charge < -0.3 is 18.9 Å². The standard InChI is InChI=1S/C31H34N2O4/c1-6-17-31(20-32,21-33)26-10-8-7-9-25(26)24(23-13-16-28(35-3)30(19-23)37-5)14-11-22-12-15-27(34-2)29(18-22)36-4/h6,10-16,18-19,24-25H,1,7-9,17H2,2-5H3/b14-11+/t24-,25?/m0/s1. The van der Waals surface area contributed by atoms with Crippen molar-refractivity contribution in [3.05, 3.63) is 77.9 Å². The molecule has 0 amide bonds. The Bertz CT molecular complexity index is 1230. The van der Waals surface area contributed by atoms with Gasteiger partial charge in [0.25, 0.3) is 0 Å². The van der Waals surface area contributed by atoms with Crippen molar-refractivity contribution in [2.24, 2.45) is 11.3 Å². The highest BCUT2D eigenvalue weighted by molar-refractivity contribution is 5.58. The molecule has 37 heavy (non-hydrogen) atoms. The van der Waals surface area contributed by atoms with E-state index >= 15 is 0 Å². The normalized spacial score (nSPS) is 16.2. The summed E-state index contributed by atoms with van der Waals surface area (Å²) in [5.74, 6) is 2.40. The molecule has 0 N–H and O–H groups in total. The largest absolute Gasteiger partial charge is 0.493 e. The Labute approximate surface area is 220 Å². The fraction of sp³-hybridized carbons (Fsp3) is 0.355. The van der Waals surface area contributed by atoms with Gasteiger partial charge in [-0.05, 0) is 66.1 Å². The fourth-order valence-electron chi connectivity index (χ4n) is 5.05. The Balaban J connectivity index is 2.15. The number of allylic oxidation sites excluding steroid dienone is 4. The second kappa shape index (κ2) is 12.7. The zero-order valence-corrected chi connectivity index (χ0v) is 22.0. The number of hydrogen-bond donors (Lipinski definition) is 0. The molecule has 0 radical (unpaired) electrons. The van der Waals surface area contributed by atoms with Crippen LogP contribution < -0.4 is 18.9 Å². The van der Waals surface area contributed by atoms with Crippen LogP contribution in [0.3, 0.4) is 0 Å². The van der Waals surface area contributed by atoms with Crippen LogP contribution in [0.2, 0.25) is 0 Å². The van der Waals surface area contributed by atoms with Crippen LogP contribution in [0.15, 0.2) is 66.8 Å². The first-order valence-corrected chi connectivity index (χ1v) is 12.3. The van der Waals surface area contributed by atoms with Crippen LogP contribution in [0, 0.1) is 34.0 Å². The van der Waals surface area contributed by atoms with Crippen molar-refractivity contribution in [3.63, 3.8) is 0 Å². The first kappa shape index (κ1) is 27.4. The second-order valence-electron chi connectivity index (χ2n) is 8.93. The number of ether oxygens (including phenoxy) is 4. The molecule has 0 heterocycles. The molecule has 1 aliphatic rings. The van der Waals surface area contributed by atoms with Gasteiger partial charge in [-0.2, -0.15) is 10.5 Å². The lowest BCUT2D eigenvalue weighted by atomic mass is 9.65. The lowest BCUT2D eigenvalue weighted by Crippen LogP contribution is -2.29. The summed E-state index contributed by atoms with van der Waals surface area (Å²) in [7, 11) is 6.44. The molecule has 0 saturated carbocycles. The summed E-state index contributed by atoms with van der Waals surface area (Å²) in [5, 5.41) is 20.3. The van der Waals surface area contributed by atoms with E-state index in [0.717, 1.165) is 36.0 Å². The Morgan fingerprint density at radius 1 is 0.946 bits per heavy atom. The third-order valence-corrected chi connectivity index (χ3v) is 6.94. The van der Waals surface area contributed by atoms with Gasteiger partial charge in [0, 0.05) is 12.3 Å². The second-order valence-corrected chi connectivity index (χ2v) is 8.93. The van der Waals surface area contributed by atoms with Crippen molar-refractivity contribution in [2.75, 3.05) is 28.4 Å². The van der Waals surface area contributed by atoms with Crippen LogP contribution in [0.1, 0.15) is 42.7 Å². The van der Waals surface area contributed by atoms with E-state index in [1.54, 1.807) is 34.5 Å². The third kappa shape index (κ3) is 5.81. The predicted molar refractivity (Wildman–Crippen MR) is 145 cm³/mol. The molecule has 1 unspecified atom stereocenters. The highest BCUT2D eigenvalue weighted by atomic mass is 16.5. The minimum absolute atomic E-state index is 0.0532. The van der Waals surface area contributed by atoms with Crippen LogP contribution in [-0.2, 0) is 0 Å². The Kier molecular flexibility index (Phi) is 9.41. The summed E-state index contributed by atoms with van der Waals surface area (Å²) < 4.78 is 21.9. The Hall–Kier alpha value is -4.16. The van der Waals surface area contributed by atoms with Gasteiger partial charge in [0.2, 0.25) is 0 Å². The van der Waals surface area contributed by atoms with E-state index in [2.05, 4.69) is 30.9 Å². The van der Waals surface area contributed by atoms with Gasteiger partial charge >= 0.3 is 0 Å². The molecule has 0 spiro atoms. The van der Waals surface area contributed by atoms with Crippen LogP contribution in [0.4, 0.5) is 0 Å². The average Bonchev–Trinajstić information content (AvgIpc) is 2.96. The summed E-state index contributed by atoms with van der Waals surface area (Å²) in [6.07, 6.45) is 10.9. The van der Waals surface area contributed by atoms with Crippen molar-refractivity contribution in [1.29, 1.82) is 10.5 Å². The zero-order chi connectivity index (χ0) is 26.8. The van der Waals surface area contributed by atoms with E-state index in [4.69, 9.17) is 18.9 Å². The van der Waals surface area contributed by atoms with Gasteiger partial charge in [-0.25, -0.2) is 0 Å². The van der Waals surface area contributed by atoms with E-state index in [0.29, 0.717) is 23.0 Å². The molecule has 2 atom stereocenters. The van der Waals surface area contributed by atoms with Crippen molar-refractivity contribution >= 4 is 6.08 Å². The van der Waals surface area contributed by atoms with Gasteiger partial charge in [0.15, 0.2) is 28.4 Å². The molecular weight excluding hydrogens is 464 g/mol. The van der Waals surface area contributed by atoms with Gasteiger partial charge in [-0.3, -0.25) is 0 Å². The topological polar surface area (TPSA) is 84.5 Å². The maximum Gasteiger partial charge on any atom is 0.168 e. The molecule has 6 nitrogen and oxygen atoms in total. The fourth-order valence-corrected chi connectivity index (χ4v) is 5.05. The number of methoxy groups -OCH3 is 4. The van der Waals surface area contributed by atoms with Crippen LogP contribution >= 0.6 is 0 Å². The molecule has 0 saturated heterocycles. The highest BCUT2D eigenvalue weighted by Gasteiger charge is 2.41. The quantitative estimate of drug-likeness (QED) is 0.315. The number of rotatable bonds is 11. The van der Waals surface area contributed by atoms with E-state index in [-0.39, 0.29) is 18.3 Å². The number of nitrogens with zero attached hydrogens (tertiary/aromatic N) is 2. The van der Waals surface area contributed by atoms with Crippen LogP contribution in [0.25, 0.3) is 6.08 Å². The van der Waals surface area contributed by atoms with E-state index in [1.165, 1.54) is 0 Å². The maximum atomic E-state index is 10.2. The molecule has 0 bridgehead atoms. The summed E-state index contributed by atoms with van der Waals surface area (Å²) in [6, 6.07) is 16.3. The summed E-state index contributed by atoms with van der Waals surface area (Å²) in [4.78, 5) is 0. The monoisotopic (exact) mass is 498 g/mol. The SMILES string of the molecule is C=CCC(C#N)(C#N)C1=CCCCC1[C@@H](/C=C/c1ccc(OC)c(OC)c1)c1ccc(OC)c(OC)c1. The van der Waals surface area contributed by atoms with Crippen LogP contribution in [-0.4, -0.2) is 28.4 Å². The molecule has 0 aliphatic heterocycles. The van der Waals surface area contributed by atoms with E-state index in [1.807, 2.05) is 42.5 Å². The number of hydrogen-bond acceptors (Lipinski definition) is 6. The first-order valence-electron chi connectivity index (χ1n) is 12.3. The maximum absolute atomic E-state index is 10.2. The smallest absolute Gasteiger partial charge is 0.168 e. The van der Waals surface area contributed by atoms with Crippen molar-refractivity contribution in [1.82, 2.24) is 0 Å². The lowest BCUT2D eigenvalue weighted by molar-refractivity contribution is 0.353. The molecule has 2 aromatic carbocycles. The molecule has 3 rings (SSSR count). The minimum atomic E-state index is -1.25. The molecule has 2 aromatic rings. The summed E-state index contributed by atoms with van der Waals surface area (Å²) in [6.45, 7) is 3.82. The van der Waals surface area contributed by atoms with Gasteiger partial charge in [-0.1, -0.05) is 36.4 Å². The minimum Gasteiger partial charge on any atom is -0.493 e. The van der Waals surface area contributed by atoms with Crippen LogP contribution in [0.5, 0.6) is 23.0 Å². The number of benzene rings is 2. The Morgan fingerprint density at radius 2 is 1.57 bits per heavy atom. The third-order valence-electron chi connectivity index (χ3n) is 6.94. The molecule has 6 heteroatoms. The van der Waals surface area contributed by atoms with E-state index < -0.39 is 5.41 Å². The van der Waals surface area contributed by atoms with E-state index in [9.17, 15) is 10.5 Å². The summed E-state index contributed by atoms with van der Waals surface area (Å²) >= 11 is 0.